The van der Waals surface area contributed by atoms with Gasteiger partial charge in [-0.1, -0.05) is 60.3 Å². The monoisotopic (exact) mass is 285 g/mol. The predicted molar refractivity (Wildman–Crippen MR) is 82.3 cm³/mol. The number of hydrogen-bond acceptors (Lipinski definition) is 4. The van der Waals surface area contributed by atoms with Crippen molar-refractivity contribution in [3.05, 3.63) is 65.7 Å². The van der Waals surface area contributed by atoms with Gasteiger partial charge in [0.1, 0.15) is 11.1 Å². The van der Waals surface area contributed by atoms with Gasteiger partial charge in [0.15, 0.2) is 5.17 Å². The van der Waals surface area contributed by atoms with Crippen LogP contribution in [-0.4, -0.2) is 10.3 Å². The molecule has 0 spiro atoms. The van der Waals surface area contributed by atoms with Crippen molar-refractivity contribution in [3.8, 4) is 5.75 Å². The first-order valence-corrected chi connectivity index (χ1v) is 7.25. The van der Waals surface area contributed by atoms with Crippen molar-refractivity contribution >= 4 is 16.9 Å². The molecule has 2 aromatic rings. The van der Waals surface area contributed by atoms with Gasteiger partial charge in [0.2, 0.25) is 0 Å². The molecule has 3 rings (SSSR count). The second-order valence-corrected chi connectivity index (χ2v) is 5.53. The van der Waals surface area contributed by atoms with E-state index in [0.29, 0.717) is 12.3 Å². The Kier molecular flexibility index (Phi) is 3.90. The van der Waals surface area contributed by atoms with E-state index >= 15 is 0 Å². The average molecular weight is 285 g/mol. The van der Waals surface area contributed by atoms with Crippen LogP contribution in [0.15, 0.2) is 59.6 Å². The van der Waals surface area contributed by atoms with Gasteiger partial charge >= 0.3 is 0 Å². The van der Waals surface area contributed by atoms with E-state index < -0.39 is 0 Å². The van der Waals surface area contributed by atoms with E-state index in [1.807, 2.05) is 36.4 Å². The molecule has 5 heteroatoms. The van der Waals surface area contributed by atoms with E-state index in [-0.39, 0.29) is 5.37 Å². The third-order valence-corrected chi connectivity index (χ3v) is 4.07. The van der Waals surface area contributed by atoms with Crippen molar-refractivity contribution in [2.24, 2.45) is 4.99 Å². The zero-order valence-electron chi connectivity index (χ0n) is 10.8. The van der Waals surface area contributed by atoms with Gasteiger partial charge in [-0.25, -0.2) is 5.43 Å². The average Bonchev–Trinajstić information content (AvgIpc) is 2.95. The minimum Gasteiger partial charge on any atom is -0.508 e. The summed E-state index contributed by atoms with van der Waals surface area (Å²) in [5.41, 5.74) is 8.21. The van der Waals surface area contributed by atoms with E-state index in [0.717, 1.165) is 10.7 Å². The van der Waals surface area contributed by atoms with E-state index in [4.69, 9.17) is 0 Å². The van der Waals surface area contributed by atoms with Gasteiger partial charge in [0.25, 0.3) is 0 Å². The van der Waals surface area contributed by atoms with Crippen LogP contribution in [0.3, 0.4) is 0 Å². The van der Waals surface area contributed by atoms with Crippen molar-refractivity contribution in [2.75, 3.05) is 0 Å². The summed E-state index contributed by atoms with van der Waals surface area (Å²) < 4.78 is 0. The molecule has 1 aliphatic rings. The lowest BCUT2D eigenvalue weighted by Crippen LogP contribution is -2.27. The lowest BCUT2D eigenvalue weighted by Gasteiger charge is -2.09. The molecule has 3 N–H and O–H groups in total. The zero-order chi connectivity index (χ0) is 13.8. The highest BCUT2D eigenvalue weighted by Crippen LogP contribution is 2.34. The quantitative estimate of drug-likeness (QED) is 0.811. The molecule has 0 aliphatic carbocycles. The van der Waals surface area contributed by atoms with Gasteiger partial charge in [-0.3, -0.25) is 10.4 Å². The molecule has 1 heterocycles. The fraction of sp³-hybridized carbons (Fsp3) is 0.133. The maximum Gasteiger partial charge on any atom is 0.173 e. The summed E-state index contributed by atoms with van der Waals surface area (Å²) in [6, 6.07) is 17.4. The smallest absolute Gasteiger partial charge is 0.173 e. The minimum atomic E-state index is -0.0225. The highest BCUT2D eigenvalue weighted by Gasteiger charge is 2.23. The Balaban J connectivity index is 1.66. The number of thioether (sulfide) groups is 1. The highest BCUT2D eigenvalue weighted by atomic mass is 32.2. The number of nitrogens with one attached hydrogen (secondary N) is 2. The molecule has 0 radical (unpaired) electrons. The summed E-state index contributed by atoms with van der Waals surface area (Å²) in [5.74, 6) is 0.295. The molecule has 2 aromatic carbocycles. The van der Waals surface area contributed by atoms with E-state index in [1.165, 1.54) is 5.56 Å². The number of nitrogens with zero attached hydrogens (tertiary/aromatic N) is 1. The molecule has 0 saturated carbocycles. The SMILES string of the molecule is Oc1ccccc1C1NNC(=NCc2ccccc2)S1. The molecule has 1 fully saturated rings. The lowest BCUT2D eigenvalue weighted by molar-refractivity contribution is 0.463. The third-order valence-electron chi connectivity index (χ3n) is 3.01. The molecular weight excluding hydrogens is 270 g/mol. The van der Waals surface area contributed by atoms with Crippen LogP contribution >= 0.6 is 11.8 Å². The first kappa shape index (κ1) is 13.0. The summed E-state index contributed by atoms with van der Waals surface area (Å²) >= 11 is 1.56. The number of hydrogen-bond donors (Lipinski definition) is 3. The topological polar surface area (TPSA) is 56.6 Å². The van der Waals surface area contributed by atoms with Crippen molar-refractivity contribution in [1.29, 1.82) is 0 Å². The van der Waals surface area contributed by atoms with Crippen LogP contribution in [0, 0.1) is 0 Å². The summed E-state index contributed by atoms with van der Waals surface area (Å²) in [6.45, 7) is 0.644. The first-order valence-electron chi connectivity index (χ1n) is 6.37. The Morgan fingerprint density at radius 1 is 1.05 bits per heavy atom. The number of rotatable bonds is 3. The molecule has 1 aliphatic heterocycles. The Morgan fingerprint density at radius 3 is 2.60 bits per heavy atom. The summed E-state index contributed by atoms with van der Waals surface area (Å²) in [6.07, 6.45) is 0. The number of phenols is 1. The molecule has 0 aromatic heterocycles. The number of para-hydroxylation sites is 1. The van der Waals surface area contributed by atoms with E-state index in [2.05, 4.69) is 28.0 Å². The van der Waals surface area contributed by atoms with Crippen molar-refractivity contribution in [1.82, 2.24) is 10.9 Å². The first-order chi connectivity index (χ1) is 9.83. The fourth-order valence-corrected chi connectivity index (χ4v) is 2.90. The van der Waals surface area contributed by atoms with Crippen LogP contribution in [0.1, 0.15) is 16.5 Å². The molecule has 1 unspecified atom stereocenters. The van der Waals surface area contributed by atoms with Crippen LogP contribution in [0.4, 0.5) is 0 Å². The fourth-order valence-electron chi connectivity index (χ4n) is 1.97. The van der Waals surface area contributed by atoms with Gasteiger partial charge in [-0.15, -0.1) is 0 Å². The number of phenolic OH excluding ortho intramolecular Hbond substituents is 1. The molecule has 20 heavy (non-hydrogen) atoms. The van der Waals surface area contributed by atoms with Crippen LogP contribution in [0.25, 0.3) is 0 Å². The van der Waals surface area contributed by atoms with E-state index in [1.54, 1.807) is 17.8 Å². The normalized spacial score (nSPS) is 20.0. The van der Waals surface area contributed by atoms with Crippen molar-refractivity contribution in [2.45, 2.75) is 11.9 Å². The van der Waals surface area contributed by atoms with Crippen molar-refractivity contribution < 1.29 is 5.11 Å². The van der Waals surface area contributed by atoms with Crippen LogP contribution in [0.5, 0.6) is 5.75 Å². The molecule has 0 amide bonds. The highest BCUT2D eigenvalue weighted by molar-refractivity contribution is 8.14. The number of benzene rings is 2. The zero-order valence-corrected chi connectivity index (χ0v) is 11.6. The molecule has 0 bridgehead atoms. The molecule has 1 saturated heterocycles. The minimum absolute atomic E-state index is 0.0225. The Labute approximate surface area is 121 Å². The maximum absolute atomic E-state index is 9.84. The van der Waals surface area contributed by atoms with Gasteiger partial charge in [-0.05, 0) is 11.6 Å². The van der Waals surface area contributed by atoms with Crippen LogP contribution in [-0.2, 0) is 6.54 Å². The Bertz CT molecular complexity index is 616. The third kappa shape index (κ3) is 2.95. The Morgan fingerprint density at radius 2 is 1.80 bits per heavy atom. The molecule has 4 nitrogen and oxygen atoms in total. The van der Waals surface area contributed by atoms with Gasteiger partial charge in [0.05, 0.1) is 6.54 Å². The second-order valence-electron chi connectivity index (χ2n) is 4.43. The summed E-state index contributed by atoms with van der Waals surface area (Å²) in [4.78, 5) is 4.52. The number of aromatic hydroxyl groups is 1. The van der Waals surface area contributed by atoms with Gasteiger partial charge < -0.3 is 5.11 Å². The number of aliphatic imine (C=N–C) groups is 1. The predicted octanol–water partition coefficient (Wildman–Crippen LogP) is 2.79. The summed E-state index contributed by atoms with van der Waals surface area (Å²) in [7, 11) is 0. The molecular formula is C15H15N3OS. The van der Waals surface area contributed by atoms with Crippen molar-refractivity contribution in [3.63, 3.8) is 0 Å². The molecule has 1 atom stereocenters. The lowest BCUT2D eigenvalue weighted by atomic mass is 10.2. The second kappa shape index (κ2) is 5.98. The van der Waals surface area contributed by atoms with Gasteiger partial charge in [-0.2, -0.15) is 0 Å². The summed E-state index contributed by atoms with van der Waals surface area (Å²) in [5, 5.41) is 10.7. The Hall–Kier alpha value is -1.98. The number of hydrazine groups is 1. The van der Waals surface area contributed by atoms with Crippen LogP contribution < -0.4 is 10.9 Å². The maximum atomic E-state index is 9.84. The largest absolute Gasteiger partial charge is 0.508 e. The van der Waals surface area contributed by atoms with E-state index in [9.17, 15) is 5.11 Å². The van der Waals surface area contributed by atoms with Crippen LogP contribution in [0.2, 0.25) is 0 Å². The van der Waals surface area contributed by atoms with Gasteiger partial charge in [0, 0.05) is 5.56 Å². The standard InChI is InChI=1S/C15H15N3OS/c19-13-9-5-4-8-12(13)14-17-18-15(20-14)16-10-11-6-2-1-3-7-11/h1-9,14,17,19H,10H2,(H,16,18). The molecule has 102 valence electrons. The number of amidine groups is 1.